The second-order valence-corrected chi connectivity index (χ2v) is 4.15. The SMILES string of the molecule is O=Cc1ccc2ccc3c(c2c1)C(=O)C=CC3=O. The standard InChI is InChI=1S/C15H8O3/c16-8-9-1-2-10-3-4-11-13(17)5-6-14(18)15(11)12(10)7-9/h1-8H. The van der Waals surface area contributed by atoms with E-state index in [9.17, 15) is 14.4 Å². The molecule has 0 spiro atoms. The highest BCUT2D eigenvalue weighted by Crippen LogP contribution is 2.27. The van der Waals surface area contributed by atoms with E-state index in [4.69, 9.17) is 0 Å². The molecule has 3 rings (SSSR count). The van der Waals surface area contributed by atoms with E-state index in [-0.39, 0.29) is 11.6 Å². The van der Waals surface area contributed by atoms with Gasteiger partial charge in [0.1, 0.15) is 6.29 Å². The van der Waals surface area contributed by atoms with Gasteiger partial charge in [0.05, 0.1) is 0 Å². The summed E-state index contributed by atoms with van der Waals surface area (Å²) < 4.78 is 0. The van der Waals surface area contributed by atoms with Crippen LogP contribution >= 0.6 is 0 Å². The number of aldehydes is 1. The largest absolute Gasteiger partial charge is 0.298 e. The van der Waals surface area contributed by atoms with Gasteiger partial charge in [0.25, 0.3) is 0 Å². The number of carbonyl (C=O) groups is 3. The molecule has 0 atom stereocenters. The van der Waals surface area contributed by atoms with Crippen LogP contribution in [-0.2, 0) is 0 Å². The number of ketones is 2. The van der Waals surface area contributed by atoms with E-state index < -0.39 is 0 Å². The molecule has 3 heteroatoms. The Kier molecular flexibility index (Phi) is 2.20. The lowest BCUT2D eigenvalue weighted by molar-refractivity contribution is 0.0995. The van der Waals surface area contributed by atoms with Gasteiger partial charge >= 0.3 is 0 Å². The normalized spacial score (nSPS) is 13.8. The number of hydrogen-bond donors (Lipinski definition) is 0. The summed E-state index contributed by atoms with van der Waals surface area (Å²) in [6.07, 6.45) is 3.28. The maximum atomic E-state index is 11.9. The van der Waals surface area contributed by atoms with Crippen LogP contribution in [0.1, 0.15) is 31.1 Å². The summed E-state index contributed by atoms with van der Waals surface area (Å²) in [5, 5.41) is 1.50. The highest BCUT2D eigenvalue weighted by Gasteiger charge is 2.21. The van der Waals surface area contributed by atoms with Crippen LogP contribution in [0.4, 0.5) is 0 Å². The molecule has 0 fully saturated rings. The quantitative estimate of drug-likeness (QED) is 0.715. The molecule has 0 unspecified atom stereocenters. The van der Waals surface area contributed by atoms with Gasteiger partial charge in [-0.15, -0.1) is 0 Å². The topological polar surface area (TPSA) is 51.2 Å². The average molecular weight is 236 g/mol. The molecule has 0 saturated carbocycles. The predicted molar refractivity (Wildman–Crippen MR) is 67.1 cm³/mol. The van der Waals surface area contributed by atoms with Crippen molar-refractivity contribution in [2.45, 2.75) is 0 Å². The Bertz CT molecular complexity index is 739. The van der Waals surface area contributed by atoms with Gasteiger partial charge in [-0.3, -0.25) is 14.4 Å². The summed E-state index contributed by atoms with van der Waals surface area (Å²) in [4.78, 5) is 34.4. The van der Waals surface area contributed by atoms with E-state index >= 15 is 0 Å². The lowest BCUT2D eigenvalue weighted by Gasteiger charge is -2.12. The molecule has 0 N–H and O–H groups in total. The van der Waals surface area contributed by atoms with E-state index in [0.717, 1.165) is 11.7 Å². The fourth-order valence-electron chi connectivity index (χ4n) is 2.21. The first-order chi connectivity index (χ1) is 8.70. The van der Waals surface area contributed by atoms with E-state index in [1.807, 2.05) is 0 Å². The monoisotopic (exact) mass is 236 g/mol. The minimum atomic E-state index is -0.196. The Hall–Kier alpha value is -2.55. The second kappa shape index (κ2) is 3.74. The van der Waals surface area contributed by atoms with Crippen molar-refractivity contribution in [3.63, 3.8) is 0 Å². The molecule has 0 aliphatic heterocycles. The van der Waals surface area contributed by atoms with Crippen LogP contribution in [0.15, 0.2) is 42.5 Å². The van der Waals surface area contributed by atoms with Gasteiger partial charge in [0.15, 0.2) is 11.6 Å². The highest BCUT2D eigenvalue weighted by atomic mass is 16.1. The molecule has 86 valence electrons. The molecular formula is C15H8O3. The molecule has 18 heavy (non-hydrogen) atoms. The number of rotatable bonds is 1. The Morgan fingerprint density at radius 1 is 0.889 bits per heavy atom. The Balaban J connectivity index is 2.44. The van der Waals surface area contributed by atoms with Gasteiger partial charge in [0, 0.05) is 16.7 Å². The molecule has 0 heterocycles. The number of benzene rings is 2. The van der Waals surface area contributed by atoms with Crippen LogP contribution in [0.2, 0.25) is 0 Å². The summed E-state index contributed by atoms with van der Waals surface area (Å²) >= 11 is 0. The van der Waals surface area contributed by atoms with Crippen LogP contribution in [0.3, 0.4) is 0 Å². The van der Waals surface area contributed by atoms with Crippen LogP contribution in [0.25, 0.3) is 10.8 Å². The minimum Gasteiger partial charge on any atom is -0.298 e. The number of fused-ring (bicyclic) bond motifs is 3. The van der Waals surface area contributed by atoms with Crippen LogP contribution < -0.4 is 0 Å². The molecule has 0 saturated heterocycles. The zero-order valence-electron chi connectivity index (χ0n) is 9.34. The maximum Gasteiger partial charge on any atom is 0.187 e. The van der Waals surface area contributed by atoms with Crippen molar-refractivity contribution in [2.24, 2.45) is 0 Å². The first-order valence-electron chi connectivity index (χ1n) is 5.49. The molecule has 1 aliphatic rings. The Labute approximate surface area is 103 Å². The maximum absolute atomic E-state index is 11.9. The summed E-state index contributed by atoms with van der Waals surface area (Å²) in [5.74, 6) is -0.374. The lowest BCUT2D eigenvalue weighted by atomic mass is 9.89. The summed E-state index contributed by atoms with van der Waals surface area (Å²) in [5.41, 5.74) is 1.28. The van der Waals surface area contributed by atoms with Crippen LogP contribution in [0, 0.1) is 0 Å². The Morgan fingerprint density at radius 2 is 1.61 bits per heavy atom. The fourth-order valence-corrected chi connectivity index (χ4v) is 2.21. The van der Waals surface area contributed by atoms with E-state index in [1.54, 1.807) is 30.3 Å². The third-order valence-corrected chi connectivity index (χ3v) is 3.08. The highest BCUT2D eigenvalue weighted by molar-refractivity contribution is 6.27. The molecule has 0 radical (unpaired) electrons. The minimum absolute atomic E-state index is 0.178. The van der Waals surface area contributed by atoms with Crippen molar-refractivity contribution in [3.05, 3.63) is 59.2 Å². The summed E-state index contributed by atoms with van der Waals surface area (Å²) in [6.45, 7) is 0. The number of allylic oxidation sites excluding steroid dienone is 2. The van der Waals surface area contributed by atoms with Crippen LogP contribution in [-0.4, -0.2) is 17.9 Å². The molecule has 3 nitrogen and oxygen atoms in total. The van der Waals surface area contributed by atoms with Crippen molar-refractivity contribution >= 4 is 28.6 Å². The number of hydrogen-bond acceptors (Lipinski definition) is 3. The number of carbonyl (C=O) groups excluding carboxylic acids is 3. The van der Waals surface area contributed by atoms with Crippen molar-refractivity contribution in [1.29, 1.82) is 0 Å². The summed E-state index contributed by atoms with van der Waals surface area (Å²) in [6, 6.07) is 8.54. The first kappa shape index (κ1) is 10.6. The van der Waals surface area contributed by atoms with E-state index in [1.165, 1.54) is 12.2 Å². The van der Waals surface area contributed by atoms with Gasteiger partial charge in [-0.05, 0) is 35.1 Å². The van der Waals surface area contributed by atoms with Crippen molar-refractivity contribution in [2.75, 3.05) is 0 Å². The van der Waals surface area contributed by atoms with Gasteiger partial charge in [-0.1, -0.05) is 18.2 Å². The predicted octanol–water partition coefficient (Wildman–Crippen LogP) is 2.59. The molecule has 0 bridgehead atoms. The molecule has 2 aromatic carbocycles. The van der Waals surface area contributed by atoms with Gasteiger partial charge < -0.3 is 0 Å². The average Bonchev–Trinajstić information content (AvgIpc) is 2.41. The van der Waals surface area contributed by atoms with Crippen molar-refractivity contribution < 1.29 is 14.4 Å². The van der Waals surface area contributed by atoms with Gasteiger partial charge in [-0.2, -0.15) is 0 Å². The first-order valence-corrected chi connectivity index (χ1v) is 5.49. The fraction of sp³-hybridized carbons (Fsp3) is 0. The lowest BCUT2D eigenvalue weighted by Crippen LogP contribution is -2.12. The molecular weight excluding hydrogens is 228 g/mol. The van der Waals surface area contributed by atoms with Crippen molar-refractivity contribution in [3.8, 4) is 0 Å². The van der Waals surface area contributed by atoms with Gasteiger partial charge in [-0.25, -0.2) is 0 Å². The van der Waals surface area contributed by atoms with E-state index in [0.29, 0.717) is 22.1 Å². The smallest absolute Gasteiger partial charge is 0.187 e. The summed E-state index contributed by atoms with van der Waals surface area (Å²) in [7, 11) is 0. The zero-order valence-corrected chi connectivity index (χ0v) is 9.34. The van der Waals surface area contributed by atoms with Crippen LogP contribution in [0.5, 0.6) is 0 Å². The molecule has 2 aromatic rings. The molecule has 0 aromatic heterocycles. The molecule has 0 amide bonds. The third-order valence-electron chi connectivity index (χ3n) is 3.08. The second-order valence-electron chi connectivity index (χ2n) is 4.15. The molecule has 1 aliphatic carbocycles. The van der Waals surface area contributed by atoms with E-state index in [2.05, 4.69) is 0 Å². The Morgan fingerprint density at radius 3 is 2.39 bits per heavy atom. The van der Waals surface area contributed by atoms with Crippen molar-refractivity contribution in [1.82, 2.24) is 0 Å². The zero-order chi connectivity index (χ0) is 12.7. The van der Waals surface area contributed by atoms with Gasteiger partial charge in [0.2, 0.25) is 0 Å². The third kappa shape index (κ3) is 1.41.